The zero-order valence-electron chi connectivity index (χ0n) is 6.87. The van der Waals surface area contributed by atoms with E-state index in [9.17, 15) is 4.79 Å². The number of carboxylic acid groups (broad SMARTS) is 1. The fourth-order valence-electron chi connectivity index (χ4n) is 1.15. The molecule has 12 heavy (non-hydrogen) atoms. The summed E-state index contributed by atoms with van der Waals surface area (Å²) in [6, 6.07) is -0.409. The van der Waals surface area contributed by atoms with Gasteiger partial charge in [-0.2, -0.15) is 0 Å². The van der Waals surface area contributed by atoms with Gasteiger partial charge in [-0.25, -0.2) is 0 Å². The van der Waals surface area contributed by atoms with Crippen LogP contribution in [0.4, 0.5) is 0 Å². The van der Waals surface area contributed by atoms with Gasteiger partial charge in [-0.1, -0.05) is 0 Å². The molecule has 0 aliphatic carbocycles. The van der Waals surface area contributed by atoms with Crippen molar-refractivity contribution in [2.45, 2.75) is 19.4 Å². The van der Waals surface area contributed by atoms with Crippen LogP contribution in [0.5, 0.6) is 0 Å². The maximum Gasteiger partial charge on any atom is 0.305 e. The van der Waals surface area contributed by atoms with Gasteiger partial charge in [0.25, 0.3) is 0 Å². The van der Waals surface area contributed by atoms with Gasteiger partial charge in [0, 0.05) is 18.4 Å². The first kappa shape index (κ1) is 8.80. The largest absolute Gasteiger partial charge is 0.481 e. The Morgan fingerprint density at radius 2 is 2.42 bits per heavy atom. The minimum atomic E-state index is -0.872. The van der Waals surface area contributed by atoms with Gasteiger partial charge in [-0.3, -0.25) is 4.79 Å². The minimum absolute atomic E-state index is 0.0291. The Morgan fingerprint density at radius 1 is 1.75 bits per heavy atom. The van der Waals surface area contributed by atoms with Gasteiger partial charge >= 0.3 is 5.97 Å². The summed E-state index contributed by atoms with van der Waals surface area (Å²) in [4.78, 5) is 13.2. The zero-order chi connectivity index (χ0) is 9.14. The molecule has 0 radical (unpaired) electrons. The number of aromatic amines is 1. The van der Waals surface area contributed by atoms with Crippen LogP contribution in [0.3, 0.4) is 0 Å². The maximum atomic E-state index is 10.3. The molecule has 4 nitrogen and oxygen atoms in total. The highest BCUT2D eigenvalue weighted by Gasteiger charge is 2.12. The molecule has 1 aromatic rings. The van der Waals surface area contributed by atoms with Gasteiger partial charge in [-0.05, 0) is 18.1 Å². The minimum Gasteiger partial charge on any atom is -0.481 e. The van der Waals surface area contributed by atoms with Crippen LogP contribution in [0, 0.1) is 6.92 Å². The Bertz CT molecular complexity index is 280. The highest BCUT2D eigenvalue weighted by molar-refractivity contribution is 5.68. The summed E-state index contributed by atoms with van der Waals surface area (Å²) in [6.07, 6.45) is 3.51. The predicted octanol–water partition coefficient (Wildman–Crippen LogP) is 0.798. The number of hydrogen-bond donors (Lipinski definition) is 3. The summed E-state index contributed by atoms with van der Waals surface area (Å²) < 4.78 is 0. The lowest BCUT2D eigenvalue weighted by Crippen LogP contribution is -2.15. The Morgan fingerprint density at radius 3 is 2.83 bits per heavy atom. The lowest BCUT2D eigenvalue weighted by atomic mass is 10.1. The van der Waals surface area contributed by atoms with Crippen molar-refractivity contribution in [1.29, 1.82) is 0 Å². The number of hydrogen-bond acceptors (Lipinski definition) is 2. The van der Waals surface area contributed by atoms with E-state index in [-0.39, 0.29) is 6.42 Å². The Kier molecular flexibility index (Phi) is 2.50. The van der Waals surface area contributed by atoms with E-state index in [0.29, 0.717) is 0 Å². The Labute approximate surface area is 70.4 Å². The number of carboxylic acids is 1. The fourth-order valence-corrected chi connectivity index (χ4v) is 1.15. The average Bonchev–Trinajstić information content (AvgIpc) is 2.33. The molecule has 0 bridgehead atoms. The van der Waals surface area contributed by atoms with E-state index >= 15 is 0 Å². The molecule has 1 atom stereocenters. The molecule has 0 aliphatic heterocycles. The molecule has 0 aliphatic rings. The molecule has 66 valence electrons. The van der Waals surface area contributed by atoms with Crippen LogP contribution in [-0.4, -0.2) is 16.1 Å². The van der Waals surface area contributed by atoms with E-state index in [4.69, 9.17) is 10.8 Å². The van der Waals surface area contributed by atoms with Crippen LogP contribution in [0.25, 0.3) is 0 Å². The van der Waals surface area contributed by atoms with Gasteiger partial charge in [0.1, 0.15) is 0 Å². The van der Waals surface area contributed by atoms with Gasteiger partial charge < -0.3 is 15.8 Å². The molecular formula is C8H12N2O2. The molecular weight excluding hydrogens is 156 g/mol. The van der Waals surface area contributed by atoms with Crippen LogP contribution in [0.2, 0.25) is 0 Å². The van der Waals surface area contributed by atoms with Gasteiger partial charge in [0.05, 0.1) is 6.42 Å². The zero-order valence-corrected chi connectivity index (χ0v) is 6.87. The molecule has 1 heterocycles. The number of carbonyl (C=O) groups is 1. The van der Waals surface area contributed by atoms with Crippen LogP contribution in [0.15, 0.2) is 12.4 Å². The van der Waals surface area contributed by atoms with Crippen LogP contribution < -0.4 is 5.73 Å². The number of nitrogens with two attached hydrogens (primary N) is 1. The molecule has 0 unspecified atom stereocenters. The molecule has 4 N–H and O–H groups in total. The SMILES string of the molecule is Cc1c[nH]cc1[C@H](N)CC(=O)O. The van der Waals surface area contributed by atoms with Gasteiger partial charge in [0.2, 0.25) is 0 Å². The van der Waals surface area contributed by atoms with Crippen molar-refractivity contribution < 1.29 is 9.90 Å². The summed E-state index contributed by atoms with van der Waals surface area (Å²) in [7, 11) is 0. The second-order valence-electron chi connectivity index (χ2n) is 2.80. The third-order valence-electron chi connectivity index (χ3n) is 1.79. The average molecular weight is 168 g/mol. The number of H-pyrrole nitrogens is 1. The van der Waals surface area contributed by atoms with Crippen molar-refractivity contribution in [2.24, 2.45) is 5.73 Å². The highest BCUT2D eigenvalue weighted by Crippen LogP contribution is 2.17. The molecule has 0 fully saturated rings. The van der Waals surface area contributed by atoms with E-state index in [0.717, 1.165) is 11.1 Å². The first-order valence-electron chi connectivity index (χ1n) is 3.72. The molecule has 0 spiro atoms. The number of aliphatic carboxylic acids is 1. The van der Waals surface area contributed by atoms with Gasteiger partial charge in [-0.15, -0.1) is 0 Å². The summed E-state index contributed by atoms with van der Waals surface area (Å²) >= 11 is 0. The normalized spacial score (nSPS) is 12.8. The molecule has 1 rings (SSSR count). The number of rotatable bonds is 3. The van der Waals surface area contributed by atoms with Crippen molar-refractivity contribution in [3.63, 3.8) is 0 Å². The number of aromatic nitrogens is 1. The summed E-state index contributed by atoms with van der Waals surface area (Å²) in [5, 5.41) is 8.48. The van der Waals surface area contributed by atoms with Gasteiger partial charge in [0.15, 0.2) is 0 Å². The highest BCUT2D eigenvalue weighted by atomic mass is 16.4. The summed E-state index contributed by atoms with van der Waals surface area (Å²) in [6.45, 7) is 1.90. The Balaban J connectivity index is 2.71. The van der Waals surface area contributed by atoms with Crippen LogP contribution in [-0.2, 0) is 4.79 Å². The van der Waals surface area contributed by atoms with E-state index in [1.165, 1.54) is 0 Å². The quantitative estimate of drug-likeness (QED) is 0.624. The van der Waals surface area contributed by atoms with Crippen LogP contribution >= 0.6 is 0 Å². The van der Waals surface area contributed by atoms with E-state index in [2.05, 4.69) is 4.98 Å². The lowest BCUT2D eigenvalue weighted by molar-refractivity contribution is -0.137. The van der Waals surface area contributed by atoms with E-state index in [1.54, 1.807) is 12.4 Å². The van der Waals surface area contributed by atoms with Crippen molar-refractivity contribution in [2.75, 3.05) is 0 Å². The second kappa shape index (κ2) is 3.40. The standard InChI is InChI=1S/C8H12N2O2/c1-5-3-10-4-6(5)7(9)2-8(11)12/h3-4,7,10H,2,9H2,1H3,(H,11,12)/t7-/m1/s1. The van der Waals surface area contributed by atoms with Crippen molar-refractivity contribution in [3.8, 4) is 0 Å². The molecule has 0 aromatic carbocycles. The number of aryl methyl sites for hydroxylation is 1. The molecule has 4 heteroatoms. The van der Waals surface area contributed by atoms with Crippen LogP contribution in [0.1, 0.15) is 23.6 Å². The third kappa shape index (κ3) is 1.85. The topological polar surface area (TPSA) is 79.1 Å². The lowest BCUT2D eigenvalue weighted by Gasteiger charge is -2.07. The van der Waals surface area contributed by atoms with E-state index < -0.39 is 12.0 Å². The van der Waals surface area contributed by atoms with Crippen molar-refractivity contribution in [1.82, 2.24) is 4.98 Å². The first-order chi connectivity index (χ1) is 5.61. The maximum absolute atomic E-state index is 10.3. The molecule has 0 amide bonds. The molecule has 0 saturated carbocycles. The smallest absolute Gasteiger partial charge is 0.305 e. The molecule has 1 aromatic heterocycles. The monoisotopic (exact) mass is 168 g/mol. The fraction of sp³-hybridized carbons (Fsp3) is 0.375. The first-order valence-corrected chi connectivity index (χ1v) is 3.72. The summed E-state index contributed by atoms with van der Waals surface area (Å²) in [5.41, 5.74) is 7.52. The Hall–Kier alpha value is -1.29. The molecule has 0 saturated heterocycles. The predicted molar refractivity (Wildman–Crippen MR) is 44.7 cm³/mol. The number of nitrogens with one attached hydrogen (secondary N) is 1. The van der Waals surface area contributed by atoms with Crippen molar-refractivity contribution >= 4 is 5.97 Å². The van der Waals surface area contributed by atoms with Crippen molar-refractivity contribution in [3.05, 3.63) is 23.5 Å². The second-order valence-corrected chi connectivity index (χ2v) is 2.80. The summed E-state index contributed by atoms with van der Waals surface area (Å²) in [5.74, 6) is -0.872. The third-order valence-corrected chi connectivity index (χ3v) is 1.79. The van der Waals surface area contributed by atoms with E-state index in [1.807, 2.05) is 6.92 Å².